The summed E-state index contributed by atoms with van der Waals surface area (Å²) in [6, 6.07) is 8.77. The SMILES string of the molecule is CCCN(CCC)C(=O)c1cc(C)cc(C(=O)O[C@H](CNCCC(C)C)[C@H](N)C(c2cc(F)cc(C(F)(F)F)c2)C(C(=O)O)c2ccc(C)c(O)c2)c1. The van der Waals surface area contributed by atoms with Crippen molar-refractivity contribution in [2.24, 2.45) is 11.7 Å². The average molecular weight is 746 g/mol. The van der Waals surface area contributed by atoms with Crippen LogP contribution in [0.2, 0.25) is 0 Å². The molecule has 2 unspecified atom stereocenters. The third kappa shape index (κ3) is 11.8. The number of carbonyl (C=O) groups is 3. The van der Waals surface area contributed by atoms with Crippen LogP contribution >= 0.6 is 0 Å². The van der Waals surface area contributed by atoms with E-state index in [1.165, 1.54) is 30.3 Å². The summed E-state index contributed by atoms with van der Waals surface area (Å²) in [6.45, 7) is 12.5. The highest BCUT2D eigenvalue weighted by Gasteiger charge is 2.42. The van der Waals surface area contributed by atoms with Gasteiger partial charge in [0.2, 0.25) is 0 Å². The molecule has 0 aliphatic heterocycles. The zero-order chi connectivity index (χ0) is 39.6. The first kappa shape index (κ1) is 42.9. The van der Waals surface area contributed by atoms with Gasteiger partial charge in [0.1, 0.15) is 17.7 Å². The van der Waals surface area contributed by atoms with Gasteiger partial charge in [-0.1, -0.05) is 39.8 Å². The Morgan fingerprint density at radius 2 is 1.57 bits per heavy atom. The summed E-state index contributed by atoms with van der Waals surface area (Å²) in [5.74, 6) is -7.28. The van der Waals surface area contributed by atoms with Crippen LogP contribution in [0.3, 0.4) is 0 Å². The zero-order valence-corrected chi connectivity index (χ0v) is 31.1. The molecule has 0 aliphatic rings. The minimum atomic E-state index is -4.99. The summed E-state index contributed by atoms with van der Waals surface area (Å²) in [4.78, 5) is 42.1. The number of aliphatic carboxylic acids is 1. The third-order valence-electron chi connectivity index (χ3n) is 9.03. The first-order valence-electron chi connectivity index (χ1n) is 17.9. The van der Waals surface area contributed by atoms with Gasteiger partial charge in [0.05, 0.1) is 23.1 Å². The number of nitrogens with zero attached hydrogens (tertiary/aromatic N) is 1. The van der Waals surface area contributed by atoms with Crippen LogP contribution < -0.4 is 11.1 Å². The predicted octanol–water partition coefficient (Wildman–Crippen LogP) is 7.57. The number of amides is 1. The van der Waals surface area contributed by atoms with Gasteiger partial charge in [-0.05, 0) is 110 Å². The van der Waals surface area contributed by atoms with E-state index < -0.39 is 59.0 Å². The lowest BCUT2D eigenvalue weighted by molar-refractivity contribution is -0.139. The fraction of sp³-hybridized carbons (Fsp3) is 0.475. The monoisotopic (exact) mass is 745 g/mol. The van der Waals surface area contributed by atoms with Gasteiger partial charge < -0.3 is 30.9 Å². The van der Waals surface area contributed by atoms with Crippen LogP contribution in [-0.2, 0) is 15.7 Å². The van der Waals surface area contributed by atoms with Crippen molar-refractivity contribution < 1.29 is 46.9 Å². The summed E-state index contributed by atoms with van der Waals surface area (Å²) in [7, 11) is 0. The van der Waals surface area contributed by atoms with E-state index in [0.29, 0.717) is 49.3 Å². The topological polar surface area (TPSA) is 142 Å². The van der Waals surface area contributed by atoms with Crippen LogP contribution in [0.1, 0.15) is 107 Å². The Morgan fingerprint density at radius 3 is 2.13 bits per heavy atom. The van der Waals surface area contributed by atoms with Gasteiger partial charge in [0.25, 0.3) is 5.91 Å². The fourth-order valence-electron chi connectivity index (χ4n) is 6.32. The zero-order valence-electron chi connectivity index (χ0n) is 31.1. The predicted molar refractivity (Wildman–Crippen MR) is 195 cm³/mol. The number of ether oxygens (including phenoxy) is 1. The molecule has 0 radical (unpaired) electrons. The summed E-state index contributed by atoms with van der Waals surface area (Å²) in [6.07, 6.45) is -4.19. The van der Waals surface area contributed by atoms with Crippen molar-refractivity contribution in [3.63, 3.8) is 0 Å². The molecular weight excluding hydrogens is 694 g/mol. The van der Waals surface area contributed by atoms with Crippen molar-refractivity contribution in [3.05, 3.63) is 99.4 Å². The van der Waals surface area contributed by atoms with Crippen molar-refractivity contribution in [3.8, 4) is 5.75 Å². The van der Waals surface area contributed by atoms with E-state index in [9.17, 15) is 42.2 Å². The normalized spacial score (nSPS) is 14.0. The highest BCUT2D eigenvalue weighted by atomic mass is 19.4. The lowest BCUT2D eigenvalue weighted by atomic mass is 9.75. The molecule has 3 aromatic rings. The maximum absolute atomic E-state index is 15.0. The Morgan fingerprint density at radius 1 is 0.925 bits per heavy atom. The van der Waals surface area contributed by atoms with E-state index in [0.717, 1.165) is 18.9 Å². The number of phenolic OH excluding ortho intramolecular Hbond substituents is 1. The van der Waals surface area contributed by atoms with Crippen molar-refractivity contribution >= 4 is 17.8 Å². The van der Waals surface area contributed by atoms with Crippen molar-refractivity contribution in [1.82, 2.24) is 10.2 Å². The number of aryl methyl sites for hydroxylation is 2. The molecule has 0 saturated heterocycles. The summed E-state index contributed by atoms with van der Waals surface area (Å²) >= 11 is 0. The number of nitrogens with two attached hydrogens (primary N) is 1. The van der Waals surface area contributed by atoms with E-state index >= 15 is 0 Å². The van der Waals surface area contributed by atoms with Crippen molar-refractivity contribution in [2.45, 2.75) is 91.0 Å². The lowest BCUT2D eigenvalue weighted by Gasteiger charge is -2.35. The smallest absolute Gasteiger partial charge is 0.416 e. The number of benzene rings is 3. The van der Waals surface area contributed by atoms with E-state index in [1.807, 2.05) is 27.7 Å². The Labute approximate surface area is 308 Å². The van der Waals surface area contributed by atoms with Gasteiger partial charge in [-0.3, -0.25) is 9.59 Å². The number of carbonyl (C=O) groups excluding carboxylic acids is 2. The molecule has 1 amide bonds. The number of aromatic hydroxyl groups is 1. The van der Waals surface area contributed by atoms with E-state index in [4.69, 9.17) is 10.5 Å². The van der Waals surface area contributed by atoms with Crippen LogP contribution in [0.25, 0.3) is 0 Å². The summed E-state index contributed by atoms with van der Waals surface area (Å²) < 4.78 is 62.9. The molecule has 290 valence electrons. The minimum absolute atomic E-state index is 0.0118. The molecule has 0 heterocycles. The van der Waals surface area contributed by atoms with Gasteiger partial charge in [0.15, 0.2) is 0 Å². The van der Waals surface area contributed by atoms with Crippen LogP contribution in [0.4, 0.5) is 17.6 Å². The van der Waals surface area contributed by atoms with Crippen LogP contribution in [0.15, 0.2) is 54.6 Å². The Hall–Kier alpha value is -4.49. The molecule has 0 aliphatic carbocycles. The number of carboxylic acid groups (broad SMARTS) is 1. The first-order chi connectivity index (χ1) is 24.9. The Bertz CT molecular complexity index is 1720. The van der Waals surface area contributed by atoms with Gasteiger partial charge in [-0.25, -0.2) is 9.18 Å². The number of alkyl halides is 3. The molecule has 0 aromatic heterocycles. The highest BCUT2D eigenvalue weighted by Crippen LogP contribution is 2.41. The molecule has 3 aromatic carbocycles. The highest BCUT2D eigenvalue weighted by molar-refractivity contribution is 5.98. The van der Waals surface area contributed by atoms with Crippen molar-refractivity contribution in [2.75, 3.05) is 26.2 Å². The second-order valence-corrected chi connectivity index (χ2v) is 13.9. The molecule has 3 rings (SSSR count). The number of hydrogen-bond acceptors (Lipinski definition) is 7. The number of phenols is 1. The molecule has 53 heavy (non-hydrogen) atoms. The Kier molecular flexibility index (Phi) is 15.4. The number of rotatable bonds is 18. The van der Waals surface area contributed by atoms with Gasteiger partial charge in [-0.15, -0.1) is 0 Å². The molecular formula is C40H51F4N3O6. The molecule has 0 bridgehead atoms. The molecule has 13 heteroatoms. The van der Waals surface area contributed by atoms with Gasteiger partial charge in [0, 0.05) is 31.1 Å². The number of nitrogens with one attached hydrogen (secondary N) is 1. The summed E-state index contributed by atoms with van der Waals surface area (Å²) in [5.41, 5.74) is 6.34. The lowest BCUT2D eigenvalue weighted by Crippen LogP contribution is -2.50. The molecule has 9 nitrogen and oxygen atoms in total. The maximum Gasteiger partial charge on any atom is 0.416 e. The molecule has 0 spiro atoms. The molecule has 4 atom stereocenters. The summed E-state index contributed by atoms with van der Waals surface area (Å²) in [5, 5.41) is 24.3. The number of esters is 1. The molecule has 0 fully saturated rings. The minimum Gasteiger partial charge on any atom is -0.508 e. The van der Waals surface area contributed by atoms with Crippen molar-refractivity contribution in [1.29, 1.82) is 0 Å². The van der Waals surface area contributed by atoms with Crippen LogP contribution in [-0.4, -0.2) is 71.3 Å². The second-order valence-electron chi connectivity index (χ2n) is 13.9. The van der Waals surface area contributed by atoms with E-state index in [-0.39, 0.29) is 40.8 Å². The number of hydrogen-bond donors (Lipinski definition) is 4. The standard InChI is InChI=1S/C40H51F4N3O6/c1-7-13-47(14-8-2)37(49)28-15-24(5)16-29(17-28)39(52)53-33(22-46-12-11-23(3)4)36(45)34(27-18-30(40(42,43)44)21-31(41)19-27)35(38(50)51)26-10-9-25(6)32(48)20-26/h9-10,15-21,23,33-36,46,48H,7-8,11-14,22,45H2,1-6H3,(H,50,51)/t33-,34?,35?,36+/m1/s1. The first-order valence-corrected chi connectivity index (χ1v) is 17.9. The third-order valence-corrected chi connectivity index (χ3v) is 9.03. The van der Waals surface area contributed by atoms with Crippen LogP contribution in [0.5, 0.6) is 5.75 Å². The molecule has 0 saturated carbocycles. The maximum atomic E-state index is 15.0. The van der Waals surface area contributed by atoms with Gasteiger partial charge in [-0.2, -0.15) is 13.2 Å². The number of halogens is 4. The largest absolute Gasteiger partial charge is 0.508 e. The van der Waals surface area contributed by atoms with E-state index in [1.54, 1.807) is 24.8 Å². The molecule has 5 N–H and O–H groups in total. The van der Waals surface area contributed by atoms with E-state index in [2.05, 4.69) is 5.32 Å². The average Bonchev–Trinajstić information content (AvgIpc) is 3.07. The van der Waals surface area contributed by atoms with Gasteiger partial charge >= 0.3 is 18.1 Å². The fourth-order valence-corrected chi connectivity index (χ4v) is 6.32. The Balaban J connectivity index is 2.18. The second kappa shape index (κ2) is 19.0. The van der Waals surface area contributed by atoms with Crippen LogP contribution in [0, 0.1) is 25.6 Å². The number of carboxylic acids is 1. The quantitative estimate of drug-likeness (QED) is 0.0594.